The van der Waals surface area contributed by atoms with E-state index < -0.39 is 42.3 Å². The summed E-state index contributed by atoms with van der Waals surface area (Å²) in [4.78, 5) is 34.6. The molecule has 0 unspecified atom stereocenters. The number of aliphatic carboxylic acids is 1. The van der Waals surface area contributed by atoms with Gasteiger partial charge in [-0.25, -0.2) is 18.8 Å². The van der Waals surface area contributed by atoms with Crippen molar-refractivity contribution in [2.75, 3.05) is 25.1 Å². The van der Waals surface area contributed by atoms with Gasteiger partial charge in [0.15, 0.2) is 11.9 Å². The maximum atomic E-state index is 15.0. The standard InChI is InChI=1S/C24H31FN4O8/c1-5-11-35-23(34)27-20-17(13-29(28-20)10-6-9-26-22(33)37-24(2,3)4)16-8-7-15(12-18(16)25)36-14-19(30)21(31)32/h5,7-8,12-13,19,30H,1,6,9-11,14H2,2-4H3,(H,26,33)(H,31,32)(H,27,28,34)/t19-/m1/s1. The molecule has 12 nitrogen and oxygen atoms in total. The van der Waals surface area contributed by atoms with Crippen LogP contribution in [0.5, 0.6) is 5.75 Å². The summed E-state index contributed by atoms with van der Waals surface area (Å²) in [5.74, 6) is -2.18. The van der Waals surface area contributed by atoms with Crippen molar-refractivity contribution in [1.29, 1.82) is 0 Å². The van der Waals surface area contributed by atoms with Gasteiger partial charge in [-0.2, -0.15) is 5.10 Å². The van der Waals surface area contributed by atoms with Crippen molar-refractivity contribution in [2.24, 2.45) is 0 Å². The molecule has 202 valence electrons. The molecule has 0 bridgehead atoms. The first-order chi connectivity index (χ1) is 17.4. The molecule has 0 spiro atoms. The van der Waals surface area contributed by atoms with Gasteiger partial charge in [0.05, 0.1) is 0 Å². The first-order valence-corrected chi connectivity index (χ1v) is 11.3. The number of carboxylic acid groups (broad SMARTS) is 1. The van der Waals surface area contributed by atoms with Crippen molar-refractivity contribution in [3.05, 3.63) is 42.9 Å². The monoisotopic (exact) mass is 522 g/mol. The van der Waals surface area contributed by atoms with Crippen LogP contribution in [-0.2, 0) is 20.8 Å². The molecule has 13 heteroatoms. The van der Waals surface area contributed by atoms with Gasteiger partial charge in [0.25, 0.3) is 0 Å². The Hall–Kier alpha value is -4.13. The molecule has 2 amide bonds. The average Bonchev–Trinajstić information content (AvgIpc) is 3.19. The quantitative estimate of drug-likeness (QED) is 0.242. The maximum absolute atomic E-state index is 15.0. The first-order valence-electron chi connectivity index (χ1n) is 11.3. The minimum Gasteiger partial charge on any atom is -0.490 e. The number of aliphatic hydroxyl groups is 1. The molecule has 0 aliphatic heterocycles. The van der Waals surface area contributed by atoms with Gasteiger partial charge >= 0.3 is 18.2 Å². The van der Waals surface area contributed by atoms with Crippen molar-refractivity contribution in [3.63, 3.8) is 0 Å². The summed E-state index contributed by atoms with van der Waals surface area (Å²) in [6, 6.07) is 3.77. The molecular formula is C24H31FN4O8. The molecular weight excluding hydrogens is 491 g/mol. The Morgan fingerprint density at radius 1 is 1.24 bits per heavy atom. The smallest absolute Gasteiger partial charge is 0.413 e. The van der Waals surface area contributed by atoms with E-state index in [9.17, 15) is 23.9 Å². The SMILES string of the molecule is C=CCOC(=O)Nc1nn(CCCNC(=O)OC(C)(C)C)cc1-c1ccc(OC[C@@H](O)C(=O)O)cc1F. The van der Waals surface area contributed by atoms with Gasteiger partial charge < -0.3 is 29.7 Å². The fraction of sp³-hybridized carbons (Fsp3) is 0.417. The zero-order valence-corrected chi connectivity index (χ0v) is 20.8. The number of nitrogens with zero attached hydrogens (tertiary/aromatic N) is 2. The second-order valence-corrected chi connectivity index (χ2v) is 8.76. The van der Waals surface area contributed by atoms with Crippen LogP contribution < -0.4 is 15.4 Å². The van der Waals surface area contributed by atoms with Gasteiger partial charge in [-0.05, 0) is 39.3 Å². The molecule has 0 saturated carbocycles. The van der Waals surface area contributed by atoms with Gasteiger partial charge in [0.1, 0.15) is 30.4 Å². The van der Waals surface area contributed by atoms with Crippen LogP contribution >= 0.6 is 0 Å². The zero-order chi connectivity index (χ0) is 27.6. The summed E-state index contributed by atoms with van der Waals surface area (Å²) >= 11 is 0. The highest BCUT2D eigenvalue weighted by Gasteiger charge is 2.20. The van der Waals surface area contributed by atoms with Crippen LogP contribution in [0.25, 0.3) is 11.1 Å². The molecule has 37 heavy (non-hydrogen) atoms. The number of aromatic nitrogens is 2. The highest BCUT2D eigenvalue weighted by Crippen LogP contribution is 2.31. The minimum absolute atomic E-state index is 0.00191. The van der Waals surface area contributed by atoms with E-state index in [0.29, 0.717) is 13.0 Å². The number of alkyl carbamates (subject to hydrolysis) is 1. The summed E-state index contributed by atoms with van der Waals surface area (Å²) < 4.78 is 31.7. The molecule has 0 aliphatic carbocycles. The molecule has 1 heterocycles. The Morgan fingerprint density at radius 2 is 1.97 bits per heavy atom. The largest absolute Gasteiger partial charge is 0.490 e. The Balaban J connectivity index is 2.16. The number of anilines is 1. The highest BCUT2D eigenvalue weighted by atomic mass is 19.1. The topological polar surface area (TPSA) is 161 Å². The summed E-state index contributed by atoms with van der Waals surface area (Å²) in [5, 5.41) is 27.4. The number of ether oxygens (including phenoxy) is 3. The minimum atomic E-state index is -1.76. The molecule has 1 aromatic carbocycles. The molecule has 2 rings (SSSR count). The second-order valence-electron chi connectivity index (χ2n) is 8.76. The Bertz CT molecular complexity index is 1110. The molecule has 2 aromatic rings. The summed E-state index contributed by atoms with van der Waals surface area (Å²) in [7, 11) is 0. The lowest BCUT2D eigenvalue weighted by Crippen LogP contribution is -2.33. The van der Waals surface area contributed by atoms with Crippen molar-refractivity contribution < 1.29 is 43.2 Å². The van der Waals surface area contributed by atoms with E-state index in [0.717, 1.165) is 6.07 Å². The Kier molecular flexibility index (Phi) is 10.4. The predicted octanol–water partition coefficient (Wildman–Crippen LogP) is 3.16. The lowest BCUT2D eigenvalue weighted by atomic mass is 10.1. The number of benzene rings is 1. The van der Waals surface area contributed by atoms with Crippen LogP contribution in [0, 0.1) is 5.82 Å². The number of hydrogen-bond donors (Lipinski definition) is 4. The number of rotatable bonds is 12. The summed E-state index contributed by atoms with van der Waals surface area (Å²) in [6.45, 7) is 8.73. The highest BCUT2D eigenvalue weighted by molar-refractivity contribution is 5.89. The Labute approximate surface area is 213 Å². The maximum Gasteiger partial charge on any atom is 0.413 e. The van der Waals surface area contributed by atoms with Crippen molar-refractivity contribution >= 4 is 24.0 Å². The van der Waals surface area contributed by atoms with Gasteiger partial charge in [0.2, 0.25) is 0 Å². The van der Waals surface area contributed by atoms with E-state index >= 15 is 0 Å². The molecule has 1 aromatic heterocycles. The summed E-state index contributed by atoms with van der Waals surface area (Å²) in [6.07, 6.45) is 0.229. The zero-order valence-electron chi connectivity index (χ0n) is 20.8. The number of aliphatic hydroxyl groups excluding tert-OH is 1. The molecule has 0 saturated heterocycles. The van der Waals surface area contributed by atoms with Crippen LogP contribution in [-0.4, -0.2) is 69.6 Å². The molecule has 1 atom stereocenters. The third-order valence-electron chi connectivity index (χ3n) is 4.47. The third-order valence-corrected chi connectivity index (χ3v) is 4.47. The summed E-state index contributed by atoms with van der Waals surface area (Å²) in [5.41, 5.74) is -0.309. The second kappa shape index (κ2) is 13.3. The normalized spacial score (nSPS) is 11.8. The van der Waals surface area contributed by atoms with Crippen molar-refractivity contribution in [2.45, 2.75) is 45.4 Å². The number of hydrogen-bond acceptors (Lipinski definition) is 8. The number of amides is 2. The fourth-order valence-electron chi connectivity index (χ4n) is 2.89. The van der Waals surface area contributed by atoms with E-state index in [2.05, 4.69) is 22.3 Å². The van der Waals surface area contributed by atoms with Crippen molar-refractivity contribution in [3.8, 4) is 16.9 Å². The van der Waals surface area contributed by atoms with Crippen LogP contribution in [0.15, 0.2) is 37.1 Å². The lowest BCUT2D eigenvalue weighted by Gasteiger charge is -2.19. The predicted molar refractivity (Wildman–Crippen MR) is 131 cm³/mol. The van der Waals surface area contributed by atoms with Crippen LogP contribution in [0.1, 0.15) is 27.2 Å². The Morgan fingerprint density at radius 3 is 2.59 bits per heavy atom. The van der Waals surface area contributed by atoms with Crippen molar-refractivity contribution in [1.82, 2.24) is 15.1 Å². The number of carbonyl (C=O) groups excluding carboxylic acids is 2. The van der Waals surface area contributed by atoms with Crippen LogP contribution in [0.4, 0.5) is 19.8 Å². The van der Waals surface area contributed by atoms with E-state index in [1.54, 1.807) is 20.8 Å². The molecule has 0 fully saturated rings. The van der Waals surface area contributed by atoms with Gasteiger partial charge in [-0.3, -0.25) is 10.00 Å². The van der Waals surface area contributed by atoms with E-state index in [-0.39, 0.29) is 35.8 Å². The van der Waals surface area contributed by atoms with E-state index in [4.69, 9.17) is 19.3 Å². The number of carbonyl (C=O) groups is 3. The van der Waals surface area contributed by atoms with Gasteiger partial charge in [-0.15, -0.1) is 0 Å². The number of carboxylic acids is 1. The molecule has 4 N–H and O–H groups in total. The third kappa shape index (κ3) is 9.80. The fourth-order valence-corrected chi connectivity index (χ4v) is 2.89. The van der Waals surface area contributed by atoms with E-state index in [1.165, 1.54) is 29.1 Å². The van der Waals surface area contributed by atoms with Crippen LogP contribution in [0.3, 0.4) is 0 Å². The van der Waals surface area contributed by atoms with Gasteiger partial charge in [-0.1, -0.05) is 12.7 Å². The lowest BCUT2D eigenvalue weighted by molar-refractivity contribution is -0.148. The number of aryl methyl sites for hydroxylation is 1. The molecule has 0 aliphatic rings. The average molecular weight is 523 g/mol. The van der Waals surface area contributed by atoms with E-state index in [1.807, 2.05) is 0 Å². The van der Waals surface area contributed by atoms with Crippen LogP contribution in [0.2, 0.25) is 0 Å². The number of halogens is 1. The van der Waals surface area contributed by atoms with Gasteiger partial charge in [0, 0.05) is 36.5 Å². The molecule has 0 radical (unpaired) electrons. The first kappa shape index (κ1) is 29.1. The number of nitrogens with one attached hydrogen (secondary N) is 2.